The van der Waals surface area contributed by atoms with Crippen LogP contribution in [0.15, 0.2) is 29.6 Å². The second kappa shape index (κ2) is 3.72. The van der Waals surface area contributed by atoms with Crippen LogP contribution in [0.5, 0.6) is 0 Å². The van der Waals surface area contributed by atoms with Crippen LogP contribution in [0.3, 0.4) is 0 Å². The number of H-pyrrole nitrogens is 1. The predicted octanol–water partition coefficient (Wildman–Crippen LogP) is 3.47. The van der Waals surface area contributed by atoms with Gasteiger partial charge in [-0.1, -0.05) is 6.07 Å². The van der Waals surface area contributed by atoms with Crippen LogP contribution in [0.4, 0.5) is 0 Å². The minimum absolute atomic E-state index is 0.610. The van der Waals surface area contributed by atoms with Gasteiger partial charge in [0.1, 0.15) is 17.4 Å². The van der Waals surface area contributed by atoms with Gasteiger partial charge < -0.3 is 4.98 Å². The van der Waals surface area contributed by atoms with Crippen molar-refractivity contribution in [2.45, 2.75) is 6.92 Å². The number of rotatable bonds is 1. The molecule has 0 radical (unpaired) electrons. The van der Waals surface area contributed by atoms with Crippen LogP contribution in [-0.4, -0.2) is 9.97 Å². The molecule has 3 aromatic rings. The van der Waals surface area contributed by atoms with Crippen LogP contribution >= 0.6 is 11.3 Å². The first kappa shape index (κ1) is 10.1. The maximum atomic E-state index is 9.03. The number of aryl methyl sites for hydroxylation is 1. The lowest BCUT2D eigenvalue weighted by Crippen LogP contribution is -1.78. The molecular formula is C13H9N3S. The lowest BCUT2D eigenvalue weighted by molar-refractivity contribution is 1.34. The summed E-state index contributed by atoms with van der Waals surface area (Å²) in [6.45, 7) is 2.06. The summed E-state index contributed by atoms with van der Waals surface area (Å²) in [4.78, 5) is 8.91. The van der Waals surface area contributed by atoms with Crippen molar-refractivity contribution >= 4 is 22.4 Å². The minimum atomic E-state index is 0.610. The molecule has 0 amide bonds. The molecule has 1 N–H and O–H groups in total. The monoisotopic (exact) mass is 239 g/mol. The van der Waals surface area contributed by atoms with Gasteiger partial charge in [0, 0.05) is 0 Å². The van der Waals surface area contributed by atoms with Crippen molar-refractivity contribution in [2.24, 2.45) is 0 Å². The summed E-state index contributed by atoms with van der Waals surface area (Å²) in [5.74, 6) is 0.843. The van der Waals surface area contributed by atoms with Gasteiger partial charge in [-0.05, 0) is 36.1 Å². The first-order valence-corrected chi connectivity index (χ1v) is 6.11. The van der Waals surface area contributed by atoms with Gasteiger partial charge in [-0.3, -0.25) is 0 Å². The Morgan fingerprint density at radius 1 is 1.35 bits per heavy atom. The second-order valence-corrected chi connectivity index (χ2v) is 4.75. The number of nitriles is 1. The number of nitrogens with zero attached hydrogens (tertiary/aromatic N) is 2. The third-order valence-electron chi connectivity index (χ3n) is 2.71. The molecule has 1 aromatic carbocycles. The van der Waals surface area contributed by atoms with Crippen molar-refractivity contribution in [2.75, 3.05) is 0 Å². The maximum Gasteiger partial charge on any atom is 0.148 e. The van der Waals surface area contributed by atoms with E-state index >= 15 is 0 Å². The highest BCUT2D eigenvalue weighted by Crippen LogP contribution is 2.29. The molecule has 0 saturated heterocycles. The molecular weight excluding hydrogens is 230 g/mol. The van der Waals surface area contributed by atoms with Crippen molar-refractivity contribution in [1.82, 2.24) is 9.97 Å². The van der Waals surface area contributed by atoms with Crippen molar-refractivity contribution in [3.63, 3.8) is 0 Å². The van der Waals surface area contributed by atoms with Crippen LogP contribution in [0.1, 0.15) is 11.1 Å². The number of aromatic nitrogens is 2. The summed E-state index contributed by atoms with van der Waals surface area (Å²) in [6.07, 6.45) is 0. The molecule has 0 aliphatic carbocycles. The first-order chi connectivity index (χ1) is 8.29. The Balaban J connectivity index is 2.28. The Morgan fingerprint density at radius 3 is 2.94 bits per heavy atom. The minimum Gasteiger partial charge on any atom is -0.337 e. The second-order valence-electron chi connectivity index (χ2n) is 3.83. The molecule has 3 rings (SSSR count). The van der Waals surface area contributed by atoms with E-state index < -0.39 is 0 Å². The maximum absolute atomic E-state index is 9.03. The van der Waals surface area contributed by atoms with Gasteiger partial charge in [-0.2, -0.15) is 5.26 Å². The number of thiophene rings is 1. The molecule has 3 nitrogen and oxygen atoms in total. The van der Waals surface area contributed by atoms with Gasteiger partial charge in [0.2, 0.25) is 0 Å². The molecule has 82 valence electrons. The smallest absolute Gasteiger partial charge is 0.148 e. The third kappa shape index (κ3) is 1.52. The number of imidazole rings is 1. The molecule has 0 spiro atoms. The number of nitrogens with one attached hydrogen (secondary N) is 1. The van der Waals surface area contributed by atoms with Gasteiger partial charge in [0.25, 0.3) is 0 Å². The normalized spacial score (nSPS) is 10.6. The highest BCUT2D eigenvalue weighted by molar-refractivity contribution is 7.13. The SMILES string of the molecule is Cc1ccsc1-c1nc2c(C#N)cccc2[nH]1. The molecule has 0 bridgehead atoms. The number of benzene rings is 1. The summed E-state index contributed by atoms with van der Waals surface area (Å²) in [5, 5.41) is 11.1. The van der Waals surface area contributed by atoms with Gasteiger partial charge in [-0.15, -0.1) is 11.3 Å². The lowest BCUT2D eigenvalue weighted by Gasteiger charge is -1.91. The standard InChI is InChI=1S/C13H9N3S/c1-8-5-6-17-12(8)13-15-10-4-2-3-9(7-14)11(10)16-13/h2-6H,1H3,(H,15,16). The molecule has 4 heteroatoms. The summed E-state index contributed by atoms with van der Waals surface area (Å²) in [5.41, 5.74) is 3.47. The largest absolute Gasteiger partial charge is 0.337 e. The Bertz CT molecular complexity index is 731. The fourth-order valence-corrected chi connectivity index (χ4v) is 2.72. The lowest BCUT2D eigenvalue weighted by atomic mass is 10.2. The fraction of sp³-hybridized carbons (Fsp3) is 0.0769. The molecule has 0 atom stereocenters. The van der Waals surface area contributed by atoms with E-state index in [9.17, 15) is 0 Å². The van der Waals surface area contributed by atoms with E-state index in [0.717, 1.165) is 21.7 Å². The van der Waals surface area contributed by atoms with E-state index in [4.69, 9.17) is 5.26 Å². The summed E-state index contributed by atoms with van der Waals surface area (Å²) >= 11 is 1.65. The van der Waals surface area contributed by atoms with Gasteiger partial charge in [0.05, 0.1) is 16.0 Å². The molecule has 2 aromatic heterocycles. The van der Waals surface area contributed by atoms with E-state index in [1.165, 1.54) is 5.56 Å². The Hall–Kier alpha value is -2.12. The number of aromatic amines is 1. The zero-order valence-corrected chi connectivity index (χ0v) is 10.0. The van der Waals surface area contributed by atoms with E-state index in [2.05, 4.69) is 29.0 Å². The molecule has 0 fully saturated rings. The van der Waals surface area contributed by atoms with E-state index in [1.54, 1.807) is 17.4 Å². The summed E-state index contributed by atoms with van der Waals surface area (Å²) in [6, 6.07) is 9.82. The van der Waals surface area contributed by atoms with Gasteiger partial charge >= 0.3 is 0 Å². The van der Waals surface area contributed by atoms with Gasteiger partial charge in [-0.25, -0.2) is 4.98 Å². The van der Waals surface area contributed by atoms with Crippen LogP contribution in [0.25, 0.3) is 21.7 Å². The molecule has 17 heavy (non-hydrogen) atoms. The number of hydrogen-bond donors (Lipinski definition) is 1. The fourth-order valence-electron chi connectivity index (χ4n) is 1.85. The number of para-hydroxylation sites is 1. The predicted molar refractivity (Wildman–Crippen MR) is 68.9 cm³/mol. The van der Waals surface area contributed by atoms with E-state index in [-0.39, 0.29) is 0 Å². The summed E-state index contributed by atoms with van der Waals surface area (Å²) in [7, 11) is 0. The molecule has 2 heterocycles. The quantitative estimate of drug-likeness (QED) is 0.707. The van der Waals surface area contributed by atoms with Crippen LogP contribution < -0.4 is 0 Å². The average Bonchev–Trinajstić information content (AvgIpc) is 2.93. The topological polar surface area (TPSA) is 52.5 Å². The summed E-state index contributed by atoms with van der Waals surface area (Å²) < 4.78 is 0. The van der Waals surface area contributed by atoms with Crippen LogP contribution in [-0.2, 0) is 0 Å². The van der Waals surface area contributed by atoms with Crippen LogP contribution in [0, 0.1) is 18.3 Å². The van der Waals surface area contributed by atoms with Crippen LogP contribution in [0.2, 0.25) is 0 Å². The number of fused-ring (bicyclic) bond motifs is 1. The highest BCUT2D eigenvalue weighted by Gasteiger charge is 2.10. The Morgan fingerprint density at radius 2 is 2.24 bits per heavy atom. The van der Waals surface area contributed by atoms with E-state index in [0.29, 0.717) is 5.56 Å². The first-order valence-electron chi connectivity index (χ1n) is 5.23. The average molecular weight is 239 g/mol. The van der Waals surface area contributed by atoms with Crippen molar-refractivity contribution in [1.29, 1.82) is 5.26 Å². The zero-order chi connectivity index (χ0) is 11.8. The van der Waals surface area contributed by atoms with Gasteiger partial charge in [0.15, 0.2) is 0 Å². The van der Waals surface area contributed by atoms with Crippen molar-refractivity contribution < 1.29 is 0 Å². The molecule has 0 aliphatic rings. The Kier molecular flexibility index (Phi) is 2.20. The van der Waals surface area contributed by atoms with Crippen molar-refractivity contribution in [3.8, 4) is 16.8 Å². The third-order valence-corrected chi connectivity index (χ3v) is 3.73. The molecule has 0 unspecified atom stereocenters. The van der Waals surface area contributed by atoms with Crippen molar-refractivity contribution in [3.05, 3.63) is 40.8 Å². The highest BCUT2D eigenvalue weighted by atomic mass is 32.1. The molecule has 0 aliphatic heterocycles. The van der Waals surface area contributed by atoms with E-state index in [1.807, 2.05) is 17.5 Å². The molecule has 0 saturated carbocycles. The Labute approximate surface area is 102 Å². The number of hydrogen-bond acceptors (Lipinski definition) is 3. The zero-order valence-electron chi connectivity index (χ0n) is 9.19.